The molecule has 0 aromatic heterocycles. The summed E-state index contributed by atoms with van der Waals surface area (Å²) in [4.78, 5) is 11.5. The Balaban J connectivity index is 1.98. The van der Waals surface area contributed by atoms with Gasteiger partial charge in [-0.05, 0) is 17.7 Å². The molecule has 1 amide bonds. The standard InChI is InChI=1S/C11H9F4NO/c12-9-3-1-2-7(4-9)8-5-16(6-8)10(17)11(13,14)15/h1-4,8H,5-6H2. The molecule has 0 atom stereocenters. The van der Waals surface area contributed by atoms with Gasteiger partial charge in [0.05, 0.1) is 0 Å². The highest BCUT2D eigenvalue weighted by molar-refractivity contribution is 5.82. The fourth-order valence-electron chi connectivity index (χ4n) is 1.80. The van der Waals surface area contributed by atoms with E-state index in [1.54, 1.807) is 6.07 Å². The van der Waals surface area contributed by atoms with Crippen molar-refractivity contribution in [2.75, 3.05) is 13.1 Å². The number of carbonyl (C=O) groups is 1. The average Bonchev–Trinajstić information content (AvgIpc) is 2.13. The predicted octanol–water partition coefficient (Wildman–Crippen LogP) is 2.31. The van der Waals surface area contributed by atoms with E-state index in [4.69, 9.17) is 0 Å². The second-order valence-electron chi connectivity index (χ2n) is 3.96. The second-order valence-corrected chi connectivity index (χ2v) is 3.96. The summed E-state index contributed by atoms with van der Waals surface area (Å²) in [5, 5.41) is 0. The molecule has 0 saturated carbocycles. The van der Waals surface area contributed by atoms with Crippen LogP contribution in [0.15, 0.2) is 24.3 Å². The summed E-state index contributed by atoms with van der Waals surface area (Å²) in [6, 6.07) is 5.68. The van der Waals surface area contributed by atoms with Gasteiger partial charge in [0.1, 0.15) is 5.82 Å². The molecule has 1 aliphatic heterocycles. The molecule has 0 spiro atoms. The number of halogens is 4. The van der Waals surface area contributed by atoms with Crippen molar-refractivity contribution in [2.24, 2.45) is 0 Å². The Kier molecular flexibility index (Phi) is 2.81. The Bertz CT molecular complexity index is 437. The number of likely N-dealkylation sites (tertiary alicyclic amines) is 1. The van der Waals surface area contributed by atoms with Crippen molar-refractivity contribution in [3.63, 3.8) is 0 Å². The number of amides is 1. The summed E-state index contributed by atoms with van der Waals surface area (Å²) in [7, 11) is 0. The van der Waals surface area contributed by atoms with Crippen molar-refractivity contribution >= 4 is 5.91 Å². The number of hydrogen-bond donors (Lipinski definition) is 0. The number of carbonyl (C=O) groups excluding carboxylic acids is 1. The van der Waals surface area contributed by atoms with E-state index in [0.717, 1.165) is 4.90 Å². The number of rotatable bonds is 1. The van der Waals surface area contributed by atoms with Crippen LogP contribution in [0.4, 0.5) is 17.6 Å². The second kappa shape index (κ2) is 4.01. The molecule has 0 N–H and O–H groups in total. The first kappa shape index (κ1) is 11.9. The van der Waals surface area contributed by atoms with E-state index in [2.05, 4.69) is 0 Å². The minimum atomic E-state index is -4.83. The molecule has 92 valence electrons. The van der Waals surface area contributed by atoms with E-state index in [9.17, 15) is 22.4 Å². The van der Waals surface area contributed by atoms with Crippen LogP contribution in [0.25, 0.3) is 0 Å². The van der Waals surface area contributed by atoms with Crippen molar-refractivity contribution in [3.05, 3.63) is 35.6 Å². The Morgan fingerprint density at radius 2 is 1.94 bits per heavy atom. The van der Waals surface area contributed by atoms with Gasteiger partial charge in [0, 0.05) is 19.0 Å². The summed E-state index contributed by atoms with van der Waals surface area (Å²) < 4.78 is 49.1. The monoisotopic (exact) mass is 247 g/mol. The van der Waals surface area contributed by atoms with Gasteiger partial charge in [0.25, 0.3) is 0 Å². The molecule has 1 aromatic rings. The van der Waals surface area contributed by atoms with Crippen LogP contribution in [0.1, 0.15) is 11.5 Å². The first-order chi connectivity index (χ1) is 7.88. The smallest absolute Gasteiger partial charge is 0.334 e. The molecular weight excluding hydrogens is 238 g/mol. The number of alkyl halides is 3. The Labute approximate surface area is 94.8 Å². The molecule has 1 fully saturated rings. The van der Waals surface area contributed by atoms with E-state index in [1.165, 1.54) is 18.2 Å². The highest BCUT2D eigenvalue weighted by Crippen LogP contribution is 2.31. The van der Waals surface area contributed by atoms with Crippen LogP contribution in [0.3, 0.4) is 0 Å². The lowest BCUT2D eigenvalue weighted by Crippen LogP contribution is -2.53. The summed E-state index contributed by atoms with van der Waals surface area (Å²) in [6.07, 6.45) is -4.83. The van der Waals surface area contributed by atoms with E-state index in [0.29, 0.717) is 5.56 Å². The van der Waals surface area contributed by atoms with Crippen molar-refractivity contribution in [2.45, 2.75) is 12.1 Å². The maximum absolute atomic E-state index is 12.9. The van der Waals surface area contributed by atoms with Crippen molar-refractivity contribution in [1.82, 2.24) is 4.90 Å². The third kappa shape index (κ3) is 2.40. The van der Waals surface area contributed by atoms with Gasteiger partial charge in [-0.15, -0.1) is 0 Å². The van der Waals surface area contributed by atoms with Gasteiger partial charge >= 0.3 is 12.1 Å². The Hall–Kier alpha value is -1.59. The fourth-order valence-corrected chi connectivity index (χ4v) is 1.80. The summed E-state index contributed by atoms with van der Waals surface area (Å²) in [6.45, 7) is -0.0242. The van der Waals surface area contributed by atoms with Gasteiger partial charge in [-0.2, -0.15) is 13.2 Å². The van der Waals surface area contributed by atoms with Gasteiger partial charge in [-0.25, -0.2) is 4.39 Å². The molecular formula is C11H9F4NO. The zero-order chi connectivity index (χ0) is 12.6. The number of nitrogens with zero attached hydrogens (tertiary/aromatic N) is 1. The molecule has 0 aliphatic carbocycles. The zero-order valence-electron chi connectivity index (χ0n) is 8.67. The first-order valence-electron chi connectivity index (χ1n) is 4.99. The summed E-state index contributed by atoms with van der Waals surface area (Å²) in [5.74, 6) is -2.47. The maximum atomic E-state index is 12.9. The van der Waals surface area contributed by atoms with Crippen LogP contribution in [0, 0.1) is 5.82 Å². The molecule has 0 radical (unpaired) electrons. The molecule has 6 heteroatoms. The van der Waals surface area contributed by atoms with Crippen LogP contribution in [0.2, 0.25) is 0 Å². The lowest BCUT2D eigenvalue weighted by Gasteiger charge is -2.39. The predicted molar refractivity (Wildman–Crippen MR) is 51.8 cm³/mol. The van der Waals surface area contributed by atoms with Gasteiger partial charge < -0.3 is 4.90 Å². The molecule has 1 aromatic carbocycles. The molecule has 1 saturated heterocycles. The van der Waals surface area contributed by atoms with E-state index >= 15 is 0 Å². The molecule has 1 heterocycles. The van der Waals surface area contributed by atoms with Crippen molar-refractivity contribution < 1.29 is 22.4 Å². The minimum absolute atomic E-state index is 0.0121. The first-order valence-corrected chi connectivity index (χ1v) is 4.99. The Morgan fingerprint density at radius 1 is 1.29 bits per heavy atom. The van der Waals surface area contributed by atoms with Crippen LogP contribution in [0.5, 0.6) is 0 Å². The quantitative estimate of drug-likeness (QED) is 0.697. The molecule has 0 bridgehead atoms. The summed E-state index contributed by atoms with van der Waals surface area (Å²) in [5.41, 5.74) is 0.622. The number of hydrogen-bond acceptors (Lipinski definition) is 1. The molecule has 2 nitrogen and oxygen atoms in total. The van der Waals surface area contributed by atoms with Crippen LogP contribution in [-0.4, -0.2) is 30.1 Å². The highest BCUT2D eigenvalue weighted by atomic mass is 19.4. The molecule has 0 unspecified atom stereocenters. The topological polar surface area (TPSA) is 20.3 Å². The minimum Gasteiger partial charge on any atom is -0.334 e. The highest BCUT2D eigenvalue weighted by Gasteiger charge is 2.46. The number of benzene rings is 1. The molecule has 1 aliphatic rings. The van der Waals surface area contributed by atoms with Crippen molar-refractivity contribution in [1.29, 1.82) is 0 Å². The third-order valence-corrected chi connectivity index (χ3v) is 2.73. The van der Waals surface area contributed by atoms with Gasteiger partial charge in [0.15, 0.2) is 0 Å². The van der Waals surface area contributed by atoms with E-state index in [-0.39, 0.29) is 19.0 Å². The largest absolute Gasteiger partial charge is 0.471 e. The fraction of sp³-hybridized carbons (Fsp3) is 0.364. The van der Waals surface area contributed by atoms with E-state index < -0.39 is 17.9 Å². The molecule has 17 heavy (non-hydrogen) atoms. The normalized spacial score (nSPS) is 16.8. The van der Waals surface area contributed by atoms with Crippen LogP contribution < -0.4 is 0 Å². The average molecular weight is 247 g/mol. The van der Waals surface area contributed by atoms with Crippen molar-refractivity contribution in [3.8, 4) is 0 Å². The van der Waals surface area contributed by atoms with Gasteiger partial charge in [0.2, 0.25) is 0 Å². The molecule has 2 rings (SSSR count). The third-order valence-electron chi connectivity index (χ3n) is 2.73. The zero-order valence-corrected chi connectivity index (χ0v) is 8.67. The van der Waals surface area contributed by atoms with Crippen LogP contribution >= 0.6 is 0 Å². The Morgan fingerprint density at radius 3 is 2.47 bits per heavy atom. The lowest BCUT2D eigenvalue weighted by atomic mass is 9.91. The van der Waals surface area contributed by atoms with Crippen LogP contribution in [-0.2, 0) is 4.79 Å². The SMILES string of the molecule is O=C(N1CC(c2cccc(F)c2)C1)C(F)(F)F. The summed E-state index contributed by atoms with van der Waals surface area (Å²) >= 11 is 0. The van der Waals surface area contributed by atoms with Gasteiger partial charge in [-0.1, -0.05) is 12.1 Å². The van der Waals surface area contributed by atoms with E-state index in [1.807, 2.05) is 0 Å². The maximum Gasteiger partial charge on any atom is 0.471 e. The lowest BCUT2D eigenvalue weighted by molar-refractivity contribution is -0.189. The van der Waals surface area contributed by atoms with Gasteiger partial charge in [-0.3, -0.25) is 4.79 Å².